The Kier molecular flexibility index (Phi) is 1.79. The molecule has 0 saturated carbocycles. The van der Waals surface area contributed by atoms with Crippen molar-refractivity contribution in [3.63, 3.8) is 0 Å². The van der Waals surface area contributed by atoms with Gasteiger partial charge in [-0.3, -0.25) is 10.1 Å². The van der Waals surface area contributed by atoms with Gasteiger partial charge in [0.15, 0.2) is 6.39 Å². The van der Waals surface area contributed by atoms with Gasteiger partial charge in [-0.1, -0.05) is 0 Å². The molecule has 10 heavy (non-hydrogen) atoms. The van der Waals surface area contributed by atoms with Crippen LogP contribution < -0.4 is 0 Å². The van der Waals surface area contributed by atoms with Crippen LogP contribution in [0.25, 0.3) is 6.08 Å². The topological polar surface area (TPSA) is 69.2 Å². The van der Waals surface area contributed by atoms with Gasteiger partial charge in [-0.15, -0.1) is 0 Å². The maximum atomic E-state index is 9.75. The molecule has 0 spiro atoms. The lowest BCUT2D eigenvalue weighted by molar-refractivity contribution is -0.401. The first-order valence-corrected chi connectivity index (χ1v) is 2.49. The van der Waals surface area contributed by atoms with E-state index in [1.54, 1.807) is 0 Å². The van der Waals surface area contributed by atoms with Crippen LogP contribution in [0.3, 0.4) is 0 Å². The Morgan fingerprint density at radius 3 is 3.10 bits per heavy atom. The molecule has 0 aliphatic carbocycles. The third-order valence-electron chi connectivity index (χ3n) is 0.818. The zero-order valence-corrected chi connectivity index (χ0v) is 4.93. The van der Waals surface area contributed by atoms with Gasteiger partial charge in [-0.2, -0.15) is 0 Å². The smallest absolute Gasteiger partial charge is 0.236 e. The fourth-order valence-corrected chi connectivity index (χ4v) is 0.441. The maximum absolute atomic E-state index is 9.75. The Bertz CT molecular complexity index is 239. The van der Waals surface area contributed by atoms with Gasteiger partial charge in [-0.05, 0) is 0 Å². The molecular weight excluding hydrogens is 136 g/mol. The predicted molar refractivity (Wildman–Crippen MR) is 32.5 cm³/mol. The summed E-state index contributed by atoms with van der Waals surface area (Å²) in [6, 6.07) is 0. The van der Waals surface area contributed by atoms with Gasteiger partial charge in [0.2, 0.25) is 6.20 Å². The molecule has 0 aliphatic rings. The first-order chi connectivity index (χ1) is 4.79. The highest BCUT2D eigenvalue weighted by Gasteiger charge is 1.90. The molecule has 0 N–H and O–H groups in total. The fourth-order valence-electron chi connectivity index (χ4n) is 0.441. The standard InChI is InChI=1S/C5H4N2O3/c8-7(9)2-1-5-3-10-4-6-5/h1-4H/b2-1+. The van der Waals surface area contributed by atoms with E-state index in [0.717, 1.165) is 6.20 Å². The van der Waals surface area contributed by atoms with Gasteiger partial charge in [0.25, 0.3) is 0 Å². The Hall–Kier alpha value is -1.65. The third-order valence-corrected chi connectivity index (χ3v) is 0.818. The van der Waals surface area contributed by atoms with E-state index in [2.05, 4.69) is 9.40 Å². The quantitative estimate of drug-likeness (QED) is 0.452. The largest absolute Gasteiger partial charge is 0.451 e. The Balaban J connectivity index is 2.64. The Morgan fingerprint density at radius 2 is 2.60 bits per heavy atom. The van der Waals surface area contributed by atoms with E-state index in [0.29, 0.717) is 5.69 Å². The minimum absolute atomic E-state index is 0.441. The highest BCUT2D eigenvalue weighted by atomic mass is 16.6. The number of oxazole rings is 1. The van der Waals surface area contributed by atoms with Crippen LogP contribution in [0.1, 0.15) is 5.69 Å². The second-order valence-corrected chi connectivity index (χ2v) is 1.51. The molecule has 5 nitrogen and oxygen atoms in total. The molecule has 0 saturated heterocycles. The molecule has 1 heterocycles. The van der Waals surface area contributed by atoms with Gasteiger partial charge in [0.05, 0.1) is 4.92 Å². The average Bonchev–Trinajstić information content (AvgIpc) is 2.34. The summed E-state index contributed by atoms with van der Waals surface area (Å²) in [6.07, 6.45) is 4.58. The Morgan fingerprint density at radius 1 is 1.80 bits per heavy atom. The number of hydrogen-bond donors (Lipinski definition) is 0. The molecule has 1 aromatic rings. The minimum Gasteiger partial charge on any atom is -0.451 e. The van der Waals surface area contributed by atoms with E-state index in [1.807, 2.05) is 0 Å². The second kappa shape index (κ2) is 2.77. The van der Waals surface area contributed by atoms with E-state index in [-0.39, 0.29) is 0 Å². The van der Waals surface area contributed by atoms with E-state index in [1.165, 1.54) is 18.7 Å². The molecule has 0 aliphatic heterocycles. The summed E-state index contributed by atoms with van der Waals surface area (Å²) in [7, 11) is 0. The van der Waals surface area contributed by atoms with Gasteiger partial charge >= 0.3 is 0 Å². The van der Waals surface area contributed by atoms with Crippen molar-refractivity contribution in [3.8, 4) is 0 Å². The Labute approximate surface area is 56.1 Å². The highest BCUT2D eigenvalue weighted by molar-refractivity contribution is 5.39. The molecule has 52 valence electrons. The fraction of sp³-hybridized carbons (Fsp3) is 0. The molecule has 0 unspecified atom stereocenters. The summed E-state index contributed by atoms with van der Waals surface area (Å²) >= 11 is 0. The summed E-state index contributed by atoms with van der Waals surface area (Å²) in [6.45, 7) is 0. The normalized spacial score (nSPS) is 10.4. The van der Waals surface area contributed by atoms with Crippen molar-refractivity contribution >= 4 is 6.08 Å². The average molecular weight is 140 g/mol. The van der Waals surface area contributed by atoms with Crippen LogP contribution in [0, 0.1) is 10.1 Å². The summed E-state index contributed by atoms with van der Waals surface area (Å²) < 4.78 is 4.56. The predicted octanol–water partition coefficient (Wildman–Crippen LogP) is 0.922. The molecule has 0 aromatic carbocycles. The lowest BCUT2D eigenvalue weighted by Crippen LogP contribution is -1.81. The van der Waals surface area contributed by atoms with Crippen molar-refractivity contribution in [3.05, 3.63) is 34.7 Å². The minimum atomic E-state index is -0.561. The summed E-state index contributed by atoms with van der Waals surface area (Å²) in [5, 5.41) is 9.75. The van der Waals surface area contributed by atoms with Gasteiger partial charge in [0.1, 0.15) is 12.0 Å². The van der Waals surface area contributed by atoms with E-state index < -0.39 is 4.92 Å². The van der Waals surface area contributed by atoms with Crippen LogP contribution in [0.15, 0.2) is 23.3 Å². The lowest BCUT2D eigenvalue weighted by atomic mass is 10.5. The summed E-state index contributed by atoms with van der Waals surface area (Å²) in [5.41, 5.74) is 0.441. The molecular formula is C5H4N2O3. The SMILES string of the molecule is O=[N+]([O-])/C=C/c1cocn1. The molecule has 1 aromatic heterocycles. The van der Waals surface area contributed by atoms with Crippen LogP contribution in [0.4, 0.5) is 0 Å². The number of aromatic nitrogens is 1. The lowest BCUT2D eigenvalue weighted by Gasteiger charge is -1.75. The van der Waals surface area contributed by atoms with Crippen molar-refractivity contribution in [1.82, 2.24) is 4.98 Å². The van der Waals surface area contributed by atoms with Crippen LogP contribution in [-0.4, -0.2) is 9.91 Å². The van der Waals surface area contributed by atoms with Crippen LogP contribution in [0.2, 0.25) is 0 Å². The first-order valence-electron chi connectivity index (χ1n) is 2.49. The van der Waals surface area contributed by atoms with E-state index >= 15 is 0 Å². The zero-order chi connectivity index (χ0) is 7.40. The van der Waals surface area contributed by atoms with Crippen molar-refractivity contribution in [1.29, 1.82) is 0 Å². The van der Waals surface area contributed by atoms with Crippen molar-refractivity contribution in [2.45, 2.75) is 0 Å². The molecule has 0 bridgehead atoms. The van der Waals surface area contributed by atoms with Crippen molar-refractivity contribution < 1.29 is 9.34 Å². The van der Waals surface area contributed by atoms with Gasteiger partial charge < -0.3 is 4.42 Å². The number of nitro groups is 1. The zero-order valence-electron chi connectivity index (χ0n) is 4.93. The number of hydrogen-bond acceptors (Lipinski definition) is 4. The number of rotatable bonds is 2. The van der Waals surface area contributed by atoms with Gasteiger partial charge in [0, 0.05) is 6.08 Å². The summed E-state index contributed by atoms with van der Waals surface area (Å²) in [4.78, 5) is 12.8. The highest BCUT2D eigenvalue weighted by Crippen LogP contribution is 1.96. The van der Waals surface area contributed by atoms with Crippen molar-refractivity contribution in [2.75, 3.05) is 0 Å². The molecule has 0 amide bonds. The van der Waals surface area contributed by atoms with Crippen LogP contribution in [0.5, 0.6) is 0 Å². The number of nitrogens with zero attached hydrogens (tertiary/aromatic N) is 2. The van der Waals surface area contributed by atoms with Crippen LogP contribution in [-0.2, 0) is 0 Å². The van der Waals surface area contributed by atoms with Gasteiger partial charge in [-0.25, -0.2) is 4.98 Å². The monoisotopic (exact) mass is 140 g/mol. The second-order valence-electron chi connectivity index (χ2n) is 1.51. The van der Waals surface area contributed by atoms with Crippen molar-refractivity contribution in [2.24, 2.45) is 0 Å². The van der Waals surface area contributed by atoms with E-state index in [9.17, 15) is 10.1 Å². The first kappa shape index (κ1) is 6.47. The third kappa shape index (κ3) is 1.70. The molecule has 5 heteroatoms. The molecule has 0 radical (unpaired) electrons. The molecule has 1 rings (SSSR count). The summed E-state index contributed by atoms with van der Waals surface area (Å²) in [5.74, 6) is 0. The molecule has 0 fully saturated rings. The maximum Gasteiger partial charge on any atom is 0.236 e. The van der Waals surface area contributed by atoms with E-state index in [4.69, 9.17) is 0 Å². The molecule has 0 atom stereocenters. The van der Waals surface area contributed by atoms with Crippen LogP contribution >= 0.6 is 0 Å².